The minimum Gasteiger partial charge on any atom is -0.374 e. The Morgan fingerprint density at radius 1 is 1.50 bits per heavy atom. The highest BCUT2D eigenvalue weighted by atomic mass is 79.9. The van der Waals surface area contributed by atoms with Crippen molar-refractivity contribution >= 4 is 27.3 Å². The molecule has 5 heteroatoms. The molecule has 1 aromatic heterocycles. The van der Waals surface area contributed by atoms with Crippen molar-refractivity contribution in [2.45, 2.75) is 45.4 Å². The fraction of sp³-hybridized carbons (Fsp3) is 0.733. The third kappa shape index (κ3) is 4.04. The standard InChI is InChI=1S/C15H25BrN2OS/c1-4-5-17-15(12-9-20-10-13(12)16)14-8-18(11(2)3)6-7-19-14/h9-11,14-15,17H,4-8H2,1-3H3. The molecule has 1 N–H and O–H groups in total. The van der Waals surface area contributed by atoms with Gasteiger partial charge in [-0.05, 0) is 53.7 Å². The topological polar surface area (TPSA) is 24.5 Å². The van der Waals surface area contributed by atoms with E-state index < -0.39 is 0 Å². The van der Waals surface area contributed by atoms with Crippen molar-refractivity contribution in [1.29, 1.82) is 0 Å². The number of hydrogen-bond donors (Lipinski definition) is 1. The number of ether oxygens (including phenoxy) is 1. The Morgan fingerprint density at radius 2 is 2.30 bits per heavy atom. The van der Waals surface area contributed by atoms with Gasteiger partial charge in [0.1, 0.15) is 0 Å². The van der Waals surface area contributed by atoms with Crippen LogP contribution in [0.1, 0.15) is 38.8 Å². The average Bonchev–Trinajstić information content (AvgIpc) is 2.86. The van der Waals surface area contributed by atoms with E-state index >= 15 is 0 Å². The first-order valence-corrected chi connectivity index (χ1v) is 9.17. The first-order valence-electron chi connectivity index (χ1n) is 7.44. The fourth-order valence-corrected chi connectivity index (χ4v) is 4.20. The van der Waals surface area contributed by atoms with E-state index in [1.807, 2.05) is 0 Å². The van der Waals surface area contributed by atoms with Gasteiger partial charge in [0.15, 0.2) is 0 Å². The molecule has 20 heavy (non-hydrogen) atoms. The minimum atomic E-state index is 0.226. The van der Waals surface area contributed by atoms with Crippen LogP contribution in [0.3, 0.4) is 0 Å². The number of halogens is 1. The second-order valence-electron chi connectivity index (χ2n) is 5.60. The summed E-state index contributed by atoms with van der Waals surface area (Å²) in [5, 5.41) is 8.05. The summed E-state index contributed by atoms with van der Waals surface area (Å²) in [5.41, 5.74) is 1.33. The Kier molecular flexibility index (Phi) is 6.49. The monoisotopic (exact) mass is 360 g/mol. The molecular formula is C15H25BrN2OS. The molecule has 114 valence electrons. The van der Waals surface area contributed by atoms with Crippen molar-refractivity contribution in [2.24, 2.45) is 0 Å². The molecule has 2 rings (SSSR count). The van der Waals surface area contributed by atoms with Gasteiger partial charge in [-0.1, -0.05) is 6.92 Å². The smallest absolute Gasteiger partial charge is 0.0897 e. The molecule has 1 fully saturated rings. The van der Waals surface area contributed by atoms with Crippen LogP contribution in [0.4, 0.5) is 0 Å². The van der Waals surface area contributed by atoms with Crippen molar-refractivity contribution in [2.75, 3.05) is 26.2 Å². The zero-order chi connectivity index (χ0) is 14.5. The molecule has 0 spiro atoms. The van der Waals surface area contributed by atoms with E-state index in [4.69, 9.17) is 4.74 Å². The molecule has 0 aromatic carbocycles. The number of thiophene rings is 1. The van der Waals surface area contributed by atoms with Crippen molar-refractivity contribution in [3.63, 3.8) is 0 Å². The summed E-state index contributed by atoms with van der Waals surface area (Å²) >= 11 is 5.41. The van der Waals surface area contributed by atoms with E-state index in [0.717, 1.165) is 32.7 Å². The van der Waals surface area contributed by atoms with Crippen molar-refractivity contribution in [1.82, 2.24) is 10.2 Å². The highest BCUT2D eigenvalue weighted by Gasteiger charge is 2.31. The lowest BCUT2D eigenvalue weighted by atomic mass is 10.0. The summed E-state index contributed by atoms with van der Waals surface area (Å²) in [6, 6.07) is 0.858. The molecule has 0 amide bonds. The van der Waals surface area contributed by atoms with Gasteiger partial charge < -0.3 is 10.1 Å². The normalized spacial score (nSPS) is 22.4. The number of morpholine rings is 1. The van der Waals surface area contributed by atoms with Crippen LogP contribution < -0.4 is 5.32 Å². The maximum atomic E-state index is 6.08. The molecule has 0 bridgehead atoms. The Labute approximate surface area is 134 Å². The Morgan fingerprint density at radius 3 is 2.90 bits per heavy atom. The number of rotatable bonds is 6. The first kappa shape index (κ1) is 16.4. The summed E-state index contributed by atoms with van der Waals surface area (Å²) in [4.78, 5) is 2.51. The Hall–Kier alpha value is 0.0600. The van der Waals surface area contributed by atoms with E-state index in [-0.39, 0.29) is 12.1 Å². The molecule has 0 saturated carbocycles. The maximum Gasteiger partial charge on any atom is 0.0897 e. The van der Waals surface area contributed by atoms with Gasteiger partial charge in [0.2, 0.25) is 0 Å². The van der Waals surface area contributed by atoms with Crippen LogP contribution in [-0.2, 0) is 4.74 Å². The molecule has 1 saturated heterocycles. The minimum absolute atomic E-state index is 0.226. The Balaban J connectivity index is 2.12. The van der Waals surface area contributed by atoms with Gasteiger partial charge >= 0.3 is 0 Å². The van der Waals surface area contributed by atoms with E-state index in [2.05, 4.69) is 57.7 Å². The van der Waals surface area contributed by atoms with Crippen LogP contribution >= 0.6 is 27.3 Å². The van der Waals surface area contributed by atoms with Crippen LogP contribution in [0.2, 0.25) is 0 Å². The lowest BCUT2D eigenvalue weighted by molar-refractivity contribution is -0.0561. The van der Waals surface area contributed by atoms with Crippen LogP contribution in [0.25, 0.3) is 0 Å². The highest BCUT2D eigenvalue weighted by Crippen LogP contribution is 2.31. The number of hydrogen-bond acceptors (Lipinski definition) is 4. The molecule has 0 radical (unpaired) electrons. The molecule has 1 aliphatic heterocycles. The molecule has 2 unspecified atom stereocenters. The van der Waals surface area contributed by atoms with Gasteiger partial charge in [-0.3, -0.25) is 4.90 Å². The predicted molar refractivity (Wildman–Crippen MR) is 89.5 cm³/mol. The largest absolute Gasteiger partial charge is 0.374 e. The predicted octanol–water partition coefficient (Wildman–Crippen LogP) is 3.66. The molecule has 3 nitrogen and oxygen atoms in total. The molecule has 1 aromatic rings. The summed E-state index contributed by atoms with van der Waals surface area (Å²) in [6.07, 6.45) is 1.36. The summed E-state index contributed by atoms with van der Waals surface area (Å²) in [6.45, 7) is 10.6. The van der Waals surface area contributed by atoms with Crippen LogP contribution in [-0.4, -0.2) is 43.3 Å². The van der Waals surface area contributed by atoms with E-state index in [0.29, 0.717) is 6.04 Å². The van der Waals surface area contributed by atoms with Gasteiger partial charge in [0, 0.05) is 29.0 Å². The molecule has 2 atom stereocenters. The zero-order valence-electron chi connectivity index (χ0n) is 12.6. The lowest BCUT2D eigenvalue weighted by Crippen LogP contribution is -2.50. The van der Waals surface area contributed by atoms with Crippen LogP contribution in [0.15, 0.2) is 15.2 Å². The number of nitrogens with zero attached hydrogens (tertiary/aromatic N) is 1. The van der Waals surface area contributed by atoms with Gasteiger partial charge in [-0.2, -0.15) is 11.3 Å². The average molecular weight is 361 g/mol. The van der Waals surface area contributed by atoms with Gasteiger partial charge in [-0.25, -0.2) is 0 Å². The fourth-order valence-electron chi connectivity index (χ4n) is 2.62. The third-order valence-corrected chi connectivity index (χ3v) is 5.57. The zero-order valence-corrected chi connectivity index (χ0v) is 15.0. The van der Waals surface area contributed by atoms with E-state index in [1.165, 1.54) is 10.0 Å². The van der Waals surface area contributed by atoms with Gasteiger partial charge in [0.25, 0.3) is 0 Å². The lowest BCUT2D eigenvalue weighted by Gasteiger charge is -2.39. The Bertz CT molecular complexity index is 410. The first-order chi connectivity index (χ1) is 9.63. The summed E-state index contributed by atoms with van der Waals surface area (Å²) < 4.78 is 7.27. The maximum absolute atomic E-state index is 6.08. The summed E-state index contributed by atoms with van der Waals surface area (Å²) in [5.74, 6) is 0. The molecule has 0 aliphatic carbocycles. The van der Waals surface area contributed by atoms with Crippen LogP contribution in [0, 0.1) is 0 Å². The molecule has 2 heterocycles. The van der Waals surface area contributed by atoms with Crippen LogP contribution in [0.5, 0.6) is 0 Å². The highest BCUT2D eigenvalue weighted by molar-refractivity contribution is 9.10. The molecule has 1 aliphatic rings. The van der Waals surface area contributed by atoms with Gasteiger partial charge in [-0.15, -0.1) is 0 Å². The quantitative estimate of drug-likeness (QED) is 0.837. The summed E-state index contributed by atoms with van der Waals surface area (Å²) in [7, 11) is 0. The van der Waals surface area contributed by atoms with Crippen molar-refractivity contribution in [3.8, 4) is 0 Å². The second kappa shape index (κ2) is 7.90. The van der Waals surface area contributed by atoms with Crippen molar-refractivity contribution in [3.05, 3.63) is 20.8 Å². The van der Waals surface area contributed by atoms with Crippen molar-refractivity contribution < 1.29 is 4.74 Å². The molecular weight excluding hydrogens is 336 g/mol. The number of nitrogens with one attached hydrogen (secondary N) is 1. The van der Waals surface area contributed by atoms with E-state index in [9.17, 15) is 0 Å². The second-order valence-corrected chi connectivity index (χ2v) is 7.20. The third-order valence-electron chi connectivity index (χ3n) is 3.82. The SMILES string of the molecule is CCCNC(c1cscc1Br)C1CN(C(C)C)CCO1. The van der Waals surface area contributed by atoms with E-state index in [1.54, 1.807) is 11.3 Å². The van der Waals surface area contributed by atoms with Gasteiger partial charge in [0.05, 0.1) is 18.8 Å².